The van der Waals surface area contributed by atoms with Gasteiger partial charge in [-0.1, -0.05) is 0 Å². The molecule has 2 amide bonds. The van der Waals surface area contributed by atoms with Gasteiger partial charge in [-0.3, -0.25) is 0 Å². The summed E-state index contributed by atoms with van der Waals surface area (Å²) >= 11 is 5.39. The van der Waals surface area contributed by atoms with Crippen molar-refractivity contribution in [3.8, 4) is 0 Å². The number of nitrogens with zero attached hydrogens (tertiary/aromatic N) is 1. The summed E-state index contributed by atoms with van der Waals surface area (Å²) < 4.78 is 0. The van der Waals surface area contributed by atoms with Gasteiger partial charge in [0.05, 0.1) is 0 Å². The molecule has 0 spiro atoms. The van der Waals surface area contributed by atoms with Gasteiger partial charge in [-0.25, -0.2) is 0 Å². The van der Waals surface area contributed by atoms with Crippen LogP contribution in [0.1, 0.15) is 6.42 Å². The second-order valence-corrected chi connectivity index (χ2v) is 18.6. The Morgan fingerprint density at radius 2 is 1.37 bits per heavy atom. The van der Waals surface area contributed by atoms with E-state index >= 15 is 0 Å². The predicted octanol–water partition coefficient (Wildman–Crippen LogP) is 3.06. The molecule has 2 unspecified atom stereocenters. The molecule has 9 heteroatoms. The molecule has 1 saturated heterocycles. The Morgan fingerprint density at radius 3 is 1.77 bits per heavy atom. The zero-order valence-corrected chi connectivity index (χ0v) is 22.2. The Labute approximate surface area is 216 Å². The Balaban J connectivity index is 1.83. The van der Waals surface area contributed by atoms with Crippen LogP contribution in [0, 0.1) is 0 Å². The first-order chi connectivity index (χ1) is 16.7. The molecule has 35 heavy (non-hydrogen) atoms. The van der Waals surface area contributed by atoms with Gasteiger partial charge in [-0.2, -0.15) is 0 Å². The van der Waals surface area contributed by atoms with Crippen molar-refractivity contribution in [2.45, 2.75) is 17.7 Å². The number of carbonyl (C=O) groups is 3. The van der Waals surface area contributed by atoms with Crippen LogP contribution in [0.3, 0.4) is 0 Å². The first-order valence-corrected chi connectivity index (χ1v) is 16.6. The fourth-order valence-corrected chi connectivity index (χ4v) is 12.9. The minimum absolute atomic E-state index is 0.0215. The number of halogens is 1. The zero-order chi connectivity index (χ0) is 25.1. The monoisotopic (exact) mass is 572 g/mol. The molecule has 0 saturated carbocycles. The molecule has 3 N–H and O–H groups in total. The van der Waals surface area contributed by atoms with Crippen molar-refractivity contribution < 1.29 is 19.5 Å². The van der Waals surface area contributed by atoms with Crippen LogP contribution in [0.4, 0.5) is 0 Å². The first-order valence-electron chi connectivity index (χ1n) is 11.1. The van der Waals surface area contributed by atoms with Gasteiger partial charge >= 0.3 is 217 Å². The second kappa shape index (κ2) is 10.2. The van der Waals surface area contributed by atoms with Crippen LogP contribution in [0.2, 0.25) is 0 Å². The number of amides is 2. The maximum atomic E-state index is 13.5. The van der Waals surface area contributed by atoms with Gasteiger partial charge in [0, 0.05) is 0 Å². The molecule has 0 bridgehead atoms. The van der Waals surface area contributed by atoms with Crippen molar-refractivity contribution in [2.24, 2.45) is 5.73 Å². The minimum atomic E-state index is -3.52. The van der Waals surface area contributed by atoms with Crippen molar-refractivity contribution >= 4 is 66.3 Å². The number of benzene rings is 3. The Hall–Kier alpha value is -2.51. The van der Waals surface area contributed by atoms with Crippen molar-refractivity contribution in [3.05, 3.63) is 91.0 Å². The summed E-state index contributed by atoms with van der Waals surface area (Å²) in [5.41, 5.74) is 5.63. The molecule has 3 aromatic rings. The topological polar surface area (TPSA) is 101 Å². The van der Waals surface area contributed by atoms with E-state index in [0.717, 1.165) is 27.7 Å². The van der Waals surface area contributed by atoms with E-state index in [0.29, 0.717) is 0 Å². The van der Waals surface area contributed by atoms with E-state index in [2.05, 4.69) is 15.5 Å². The molecule has 1 aliphatic heterocycles. The van der Waals surface area contributed by atoms with Crippen molar-refractivity contribution in [1.29, 1.82) is 0 Å². The number of hydrogen-bond acceptors (Lipinski definition) is 5. The molecule has 182 valence electrons. The van der Waals surface area contributed by atoms with E-state index in [9.17, 15) is 14.4 Å². The van der Waals surface area contributed by atoms with Crippen LogP contribution >= 0.6 is 32.6 Å². The van der Waals surface area contributed by atoms with Gasteiger partial charge in [0.25, 0.3) is 0 Å². The summed E-state index contributed by atoms with van der Waals surface area (Å²) in [6.45, 7) is 0. The third-order valence-corrected chi connectivity index (χ3v) is 16.9. The summed E-state index contributed by atoms with van der Waals surface area (Å²) in [4.78, 5) is 39.2. The van der Waals surface area contributed by atoms with Gasteiger partial charge in [0.1, 0.15) is 0 Å². The number of thioether (sulfide) groups is 1. The number of carboxylic acid groups (broad SMARTS) is 1. The molecule has 1 aliphatic rings. The van der Waals surface area contributed by atoms with E-state index in [4.69, 9.17) is 10.8 Å². The number of carbonyl (C=O) groups excluding carboxylic acids is 2. The number of imide groups is 1. The number of rotatable bonds is 9. The molecule has 3 aromatic carbocycles. The van der Waals surface area contributed by atoms with E-state index in [1.165, 1.54) is 4.90 Å². The average Bonchev–Trinajstić information content (AvgIpc) is 3.16. The number of aliphatic carboxylic acids is 1. The van der Waals surface area contributed by atoms with E-state index in [1.54, 1.807) is 0 Å². The van der Waals surface area contributed by atoms with Gasteiger partial charge in [0.2, 0.25) is 0 Å². The van der Waals surface area contributed by atoms with Crippen LogP contribution in [0.5, 0.6) is 0 Å². The first kappa shape index (κ1) is 25.6. The Bertz CT molecular complexity index is 1130. The molecule has 0 aromatic heterocycles. The standard InChI is InChI=1S/C26H26BrN2O4PS/c27-34(19-10-4-1-5-11-19,20-12-6-2-7-13-20,21-14-8-3-9-15-21)18-29-24(30)16-23(25(29)31)35-17-22(28)26(32)33/h1-15,22-23H,16-18,28H2,(H,32,33). The molecule has 2 atom stereocenters. The van der Waals surface area contributed by atoms with Crippen LogP contribution in [0.15, 0.2) is 91.0 Å². The molecule has 0 radical (unpaired) electrons. The van der Waals surface area contributed by atoms with Gasteiger partial charge in [0.15, 0.2) is 0 Å². The predicted molar refractivity (Wildman–Crippen MR) is 147 cm³/mol. The molecule has 1 heterocycles. The van der Waals surface area contributed by atoms with Crippen molar-refractivity contribution in [1.82, 2.24) is 4.90 Å². The van der Waals surface area contributed by atoms with Crippen molar-refractivity contribution in [2.75, 3.05) is 12.0 Å². The molecule has 0 aliphatic carbocycles. The van der Waals surface area contributed by atoms with E-state index < -0.39 is 22.6 Å². The normalized spacial score (nSPS) is 18.2. The molecular formula is C26H26BrN2O4PS. The van der Waals surface area contributed by atoms with Crippen LogP contribution in [0.25, 0.3) is 0 Å². The molecular weight excluding hydrogens is 547 g/mol. The van der Waals surface area contributed by atoms with E-state index in [1.807, 2.05) is 91.0 Å². The third kappa shape index (κ3) is 4.68. The average molecular weight is 573 g/mol. The van der Waals surface area contributed by atoms with E-state index in [-0.39, 0.29) is 30.3 Å². The number of likely N-dealkylation sites (tertiary alicyclic amines) is 1. The summed E-state index contributed by atoms with van der Waals surface area (Å²) in [5.74, 6) is -1.66. The van der Waals surface area contributed by atoms with Crippen molar-refractivity contribution in [3.63, 3.8) is 0 Å². The van der Waals surface area contributed by atoms with Crippen LogP contribution in [-0.4, -0.2) is 51.1 Å². The van der Waals surface area contributed by atoms with Crippen LogP contribution in [-0.2, 0) is 14.4 Å². The van der Waals surface area contributed by atoms with Gasteiger partial charge in [-0.05, 0) is 0 Å². The molecule has 1 fully saturated rings. The van der Waals surface area contributed by atoms with Crippen LogP contribution < -0.4 is 21.6 Å². The second-order valence-electron chi connectivity index (χ2n) is 8.46. The summed E-state index contributed by atoms with van der Waals surface area (Å²) in [6, 6.07) is 28.7. The number of carboxylic acids is 1. The maximum absolute atomic E-state index is 13.5. The SMILES string of the molecule is NC(CSC1CC(=O)N(CP(Br)(c2ccccc2)(c2ccccc2)c2ccccc2)C1=O)C(=O)O. The number of nitrogens with two attached hydrogens (primary N) is 1. The molecule has 4 rings (SSSR count). The Morgan fingerprint density at radius 1 is 0.943 bits per heavy atom. The summed E-state index contributed by atoms with van der Waals surface area (Å²) in [5, 5.41) is 7.92. The number of hydrogen-bond donors (Lipinski definition) is 2. The van der Waals surface area contributed by atoms with Gasteiger partial charge in [-0.15, -0.1) is 0 Å². The van der Waals surface area contributed by atoms with Gasteiger partial charge < -0.3 is 0 Å². The quantitative estimate of drug-likeness (QED) is 0.302. The fourth-order valence-electron chi connectivity index (χ4n) is 4.40. The third-order valence-electron chi connectivity index (χ3n) is 6.29. The molecule has 6 nitrogen and oxygen atoms in total. The zero-order valence-electron chi connectivity index (χ0n) is 18.9. The summed E-state index contributed by atoms with van der Waals surface area (Å²) in [7, 11) is 0. The summed E-state index contributed by atoms with van der Waals surface area (Å²) in [6.07, 6.45) is 0.178. The Kier molecular flexibility index (Phi) is 7.48. The fraction of sp³-hybridized carbons (Fsp3) is 0.192.